The van der Waals surface area contributed by atoms with Crippen molar-refractivity contribution in [2.24, 2.45) is 0 Å². The van der Waals surface area contributed by atoms with Crippen LogP contribution in [0.4, 0.5) is 0 Å². The van der Waals surface area contributed by atoms with Crippen LogP contribution in [-0.4, -0.2) is 42.5 Å². The number of amides is 2. The van der Waals surface area contributed by atoms with Crippen molar-refractivity contribution in [2.45, 2.75) is 18.9 Å². The Bertz CT molecular complexity index is 996. The second-order valence-corrected chi connectivity index (χ2v) is 7.67. The predicted octanol–water partition coefficient (Wildman–Crippen LogP) is 4.15. The summed E-state index contributed by atoms with van der Waals surface area (Å²) in [5.41, 5.74) is 2.86. The van der Waals surface area contributed by atoms with Gasteiger partial charge in [0, 0.05) is 24.7 Å². The quantitative estimate of drug-likeness (QED) is 0.659. The molecule has 0 unspecified atom stereocenters. The summed E-state index contributed by atoms with van der Waals surface area (Å²) >= 11 is 0. The van der Waals surface area contributed by atoms with E-state index in [0.29, 0.717) is 24.4 Å². The van der Waals surface area contributed by atoms with Crippen LogP contribution in [-0.2, 0) is 4.79 Å². The Hall–Kier alpha value is -3.60. The maximum Gasteiger partial charge on any atom is 0.260 e. The summed E-state index contributed by atoms with van der Waals surface area (Å²) in [7, 11) is 0. The lowest BCUT2D eigenvalue weighted by molar-refractivity contribution is -0.134. The lowest BCUT2D eigenvalue weighted by Crippen LogP contribution is -2.47. The van der Waals surface area contributed by atoms with E-state index >= 15 is 0 Å². The molecule has 0 aromatic heterocycles. The Morgan fingerprint density at radius 3 is 2.03 bits per heavy atom. The van der Waals surface area contributed by atoms with Gasteiger partial charge in [0.2, 0.25) is 0 Å². The molecule has 0 radical (unpaired) electrons. The zero-order valence-electron chi connectivity index (χ0n) is 17.4. The second-order valence-electron chi connectivity index (χ2n) is 7.67. The molecule has 3 aromatic carbocycles. The van der Waals surface area contributed by atoms with E-state index < -0.39 is 0 Å². The molecule has 4 rings (SSSR count). The molecular formula is C26H26N2O3. The number of likely N-dealkylation sites (tertiary alicyclic amines) is 1. The smallest absolute Gasteiger partial charge is 0.260 e. The summed E-state index contributed by atoms with van der Waals surface area (Å²) in [5, 5.41) is 3.10. The van der Waals surface area contributed by atoms with Crippen LogP contribution in [0.1, 0.15) is 23.2 Å². The average Bonchev–Trinajstić information content (AvgIpc) is 2.84. The molecule has 1 aliphatic rings. The Morgan fingerprint density at radius 1 is 0.806 bits per heavy atom. The Morgan fingerprint density at radius 2 is 1.39 bits per heavy atom. The summed E-state index contributed by atoms with van der Waals surface area (Å²) in [5.74, 6) is 0.596. The summed E-state index contributed by atoms with van der Waals surface area (Å²) in [6.45, 7) is 1.28. The van der Waals surface area contributed by atoms with Gasteiger partial charge < -0.3 is 15.0 Å². The minimum atomic E-state index is -0.0724. The Balaban J connectivity index is 1.24. The number of ether oxygens (including phenoxy) is 1. The predicted molar refractivity (Wildman–Crippen MR) is 121 cm³/mol. The van der Waals surface area contributed by atoms with E-state index in [9.17, 15) is 9.59 Å². The first-order chi connectivity index (χ1) is 15.2. The van der Waals surface area contributed by atoms with E-state index in [-0.39, 0.29) is 24.5 Å². The van der Waals surface area contributed by atoms with Crippen LogP contribution in [0, 0.1) is 0 Å². The third-order valence-corrected chi connectivity index (χ3v) is 5.54. The van der Waals surface area contributed by atoms with Gasteiger partial charge in [0.15, 0.2) is 6.61 Å². The molecule has 5 heteroatoms. The van der Waals surface area contributed by atoms with Crippen molar-refractivity contribution in [2.75, 3.05) is 19.7 Å². The molecule has 3 aromatic rings. The van der Waals surface area contributed by atoms with Crippen molar-refractivity contribution in [1.82, 2.24) is 10.2 Å². The molecule has 0 saturated carbocycles. The zero-order chi connectivity index (χ0) is 21.5. The van der Waals surface area contributed by atoms with Crippen LogP contribution < -0.4 is 10.1 Å². The van der Waals surface area contributed by atoms with Gasteiger partial charge in [0.1, 0.15) is 5.75 Å². The van der Waals surface area contributed by atoms with Crippen LogP contribution in [0.25, 0.3) is 11.1 Å². The van der Waals surface area contributed by atoms with E-state index in [4.69, 9.17) is 4.74 Å². The number of carbonyl (C=O) groups is 2. The molecule has 158 valence electrons. The number of hydrogen-bond donors (Lipinski definition) is 1. The summed E-state index contributed by atoms with van der Waals surface area (Å²) < 4.78 is 5.55. The highest BCUT2D eigenvalue weighted by Gasteiger charge is 2.24. The number of nitrogens with one attached hydrogen (secondary N) is 1. The maximum atomic E-state index is 12.6. The third kappa shape index (κ3) is 5.51. The van der Waals surface area contributed by atoms with Crippen molar-refractivity contribution >= 4 is 11.8 Å². The monoisotopic (exact) mass is 414 g/mol. The number of para-hydroxylation sites is 1. The van der Waals surface area contributed by atoms with Crippen LogP contribution in [0.15, 0.2) is 84.9 Å². The molecule has 1 fully saturated rings. The van der Waals surface area contributed by atoms with E-state index in [1.807, 2.05) is 72.8 Å². The molecule has 1 aliphatic heterocycles. The van der Waals surface area contributed by atoms with Gasteiger partial charge >= 0.3 is 0 Å². The maximum absolute atomic E-state index is 12.6. The lowest BCUT2D eigenvalue weighted by Gasteiger charge is -2.32. The highest BCUT2D eigenvalue weighted by Crippen LogP contribution is 2.20. The van der Waals surface area contributed by atoms with Gasteiger partial charge in [-0.25, -0.2) is 0 Å². The molecule has 2 amide bonds. The first kappa shape index (κ1) is 20.7. The number of benzene rings is 3. The molecule has 1 heterocycles. The summed E-state index contributed by atoms with van der Waals surface area (Å²) in [4.78, 5) is 26.8. The normalized spacial score (nSPS) is 14.1. The lowest BCUT2D eigenvalue weighted by atomic mass is 10.0. The average molecular weight is 415 g/mol. The molecule has 1 N–H and O–H groups in total. The molecule has 31 heavy (non-hydrogen) atoms. The number of hydrogen-bond acceptors (Lipinski definition) is 3. The molecular weight excluding hydrogens is 388 g/mol. The van der Waals surface area contributed by atoms with E-state index in [0.717, 1.165) is 24.0 Å². The van der Waals surface area contributed by atoms with Gasteiger partial charge in [-0.1, -0.05) is 60.7 Å². The molecule has 0 aliphatic carbocycles. The first-order valence-electron chi connectivity index (χ1n) is 10.6. The van der Waals surface area contributed by atoms with Gasteiger partial charge in [0.05, 0.1) is 0 Å². The van der Waals surface area contributed by atoms with Crippen LogP contribution in [0.3, 0.4) is 0 Å². The minimum absolute atomic E-state index is 0.0230. The topological polar surface area (TPSA) is 58.6 Å². The fourth-order valence-electron chi connectivity index (χ4n) is 3.74. The molecule has 0 atom stereocenters. The summed E-state index contributed by atoms with van der Waals surface area (Å²) in [6, 6.07) is 27.2. The standard InChI is InChI=1S/C26H26N2O3/c29-25(19-31-24-9-5-2-6-10-24)28-17-15-23(16-18-28)27-26(30)22-13-11-21(12-14-22)20-7-3-1-4-8-20/h1-14,23H,15-19H2,(H,27,30). The van der Waals surface area contributed by atoms with E-state index in [1.54, 1.807) is 4.90 Å². The number of nitrogens with zero attached hydrogens (tertiary/aromatic N) is 1. The van der Waals surface area contributed by atoms with Crippen molar-refractivity contribution < 1.29 is 14.3 Å². The Kier molecular flexibility index (Phi) is 6.62. The van der Waals surface area contributed by atoms with Gasteiger partial charge in [-0.3, -0.25) is 9.59 Å². The summed E-state index contributed by atoms with van der Waals surface area (Å²) in [6.07, 6.45) is 1.48. The SMILES string of the molecule is O=C(NC1CCN(C(=O)COc2ccccc2)CC1)c1ccc(-c2ccccc2)cc1. The van der Waals surface area contributed by atoms with Crippen LogP contribution in [0.5, 0.6) is 5.75 Å². The Labute approximate surface area is 182 Å². The molecule has 0 spiro atoms. The number of piperidine rings is 1. The molecule has 1 saturated heterocycles. The van der Waals surface area contributed by atoms with Crippen molar-refractivity contribution in [3.8, 4) is 16.9 Å². The van der Waals surface area contributed by atoms with Gasteiger partial charge in [-0.15, -0.1) is 0 Å². The van der Waals surface area contributed by atoms with E-state index in [1.165, 1.54) is 0 Å². The fraction of sp³-hybridized carbons (Fsp3) is 0.231. The van der Waals surface area contributed by atoms with Crippen LogP contribution in [0.2, 0.25) is 0 Å². The zero-order valence-corrected chi connectivity index (χ0v) is 17.4. The van der Waals surface area contributed by atoms with Gasteiger partial charge in [0.25, 0.3) is 11.8 Å². The number of carbonyl (C=O) groups excluding carboxylic acids is 2. The largest absolute Gasteiger partial charge is 0.484 e. The second kappa shape index (κ2) is 9.94. The van der Waals surface area contributed by atoms with Crippen LogP contribution >= 0.6 is 0 Å². The fourth-order valence-corrected chi connectivity index (χ4v) is 3.74. The third-order valence-electron chi connectivity index (χ3n) is 5.54. The highest BCUT2D eigenvalue weighted by atomic mass is 16.5. The highest BCUT2D eigenvalue weighted by molar-refractivity contribution is 5.94. The first-order valence-corrected chi connectivity index (χ1v) is 10.6. The van der Waals surface area contributed by atoms with Gasteiger partial charge in [-0.05, 0) is 48.2 Å². The van der Waals surface area contributed by atoms with Gasteiger partial charge in [-0.2, -0.15) is 0 Å². The minimum Gasteiger partial charge on any atom is -0.484 e. The van der Waals surface area contributed by atoms with Crippen molar-refractivity contribution in [3.05, 3.63) is 90.5 Å². The molecule has 5 nitrogen and oxygen atoms in total. The number of rotatable bonds is 6. The van der Waals surface area contributed by atoms with Crippen molar-refractivity contribution in [1.29, 1.82) is 0 Å². The van der Waals surface area contributed by atoms with Crippen molar-refractivity contribution in [3.63, 3.8) is 0 Å². The molecule has 0 bridgehead atoms. The van der Waals surface area contributed by atoms with E-state index in [2.05, 4.69) is 17.4 Å².